The second-order valence-corrected chi connectivity index (χ2v) is 6.58. The topological polar surface area (TPSA) is 12.0 Å². The fourth-order valence-electron chi connectivity index (χ4n) is 3.65. The lowest BCUT2D eigenvalue weighted by Crippen LogP contribution is -2.32. The number of aryl methyl sites for hydroxylation is 1. The Kier molecular flexibility index (Phi) is 4.67. The van der Waals surface area contributed by atoms with Crippen molar-refractivity contribution in [3.63, 3.8) is 0 Å². The maximum atomic E-state index is 3.59. The Labute approximate surface area is 118 Å². The predicted octanol–water partition coefficient (Wildman–Crippen LogP) is 4.64. The molecular weight excluding hydrogens is 230 g/mol. The molecule has 2 rings (SSSR count). The van der Waals surface area contributed by atoms with Crippen LogP contribution in [0.1, 0.15) is 55.8 Å². The van der Waals surface area contributed by atoms with Gasteiger partial charge in [0.2, 0.25) is 0 Å². The minimum absolute atomic E-state index is 0.523. The van der Waals surface area contributed by atoms with Gasteiger partial charge in [-0.1, -0.05) is 38.5 Å². The molecule has 1 aliphatic rings. The van der Waals surface area contributed by atoms with Crippen molar-refractivity contribution in [1.82, 2.24) is 5.32 Å². The SMILES string of the molecule is CNC(c1cccc(C)c1C)C1CCC(C)C(C)C1. The lowest BCUT2D eigenvalue weighted by molar-refractivity contribution is 0.174. The molecule has 0 aliphatic heterocycles. The van der Waals surface area contributed by atoms with Gasteiger partial charge < -0.3 is 5.32 Å². The molecule has 1 aromatic carbocycles. The highest BCUT2D eigenvalue weighted by Gasteiger charge is 2.30. The van der Waals surface area contributed by atoms with Gasteiger partial charge in [-0.25, -0.2) is 0 Å². The summed E-state index contributed by atoms with van der Waals surface area (Å²) in [6, 6.07) is 7.26. The zero-order valence-corrected chi connectivity index (χ0v) is 13.2. The minimum atomic E-state index is 0.523. The highest BCUT2D eigenvalue weighted by Crippen LogP contribution is 2.40. The van der Waals surface area contributed by atoms with Crippen LogP contribution in [0.5, 0.6) is 0 Å². The molecule has 0 amide bonds. The standard InChI is InChI=1S/C18H29N/c1-12-9-10-16(11-14(12)3)18(19-5)17-8-6-7-13(2)15(17)4/h6-8,12,14,16,18-19H,9-11H2,1-5H3. The summed E-state index contributed by atoms with van der Waals surface area (Å²) >= 11 is 0. The molecule has 1 fully saturated rings. The van der Waals surface area contributed by atoms with E-state index in [4.69, 9.17) is 0 Å². The summed E-state index contributed by atoms with van der Waals surface area (Å²) in [5.41, 5.74) is 4.39. The molecule has 19 heavy (non-hydrogen) atoms. The van der Waals surface area contributed by atoms with Crippen LogP contribution in [0.25, 0.3) is 0 Å². The third kappa shape index (κ3) is 3.02. The Morgan fingerprint density at radius 3 is 2.47 bits per heavy atom. The lowest BCUT2D eigenvalue weighted by Gasteiger charge is -2.37. The molecule has 0 heterocycles. The van der Waals surface area contributed by atoms with Crippen LogP contribution in [0.3, 0.4) is 0 Å². The summed E-state index contributed by atoms with van der Waals surface area (Å²) < 4.78 is 0. The molecule has 1 aromatic rings. The van der Waals surface area contributed by atoms with Crippen LogP contribution >= 0.6 is 0 Å². The van der Waals surface area contributed by atoms with Gasteiger partial charge in [-0.05, 0) is 68.2 Å². The quantitative estimate of drug-likeness (QED) is 0.834. The molecule has 0 spiro atoms. The molecule has 0 saturated heterocycles. The largest absolute Gasteiger partial charge is 0.313 e. The number of hydrogen-bond acceptors (Lipinski definition) is 1. The van der Waals surface area contributed by atoms with Gasteiger partial charge in [-0.2, -0.15) is 0 Å². The van der Waals surface area contributed by atoms with Crippen molar-refractivity contribution in [2.24, 2.45) is 17.8 Å². The molecular formula is C18H29N. The fraction of sp³-hybridized carbons (Fsp3) is 0.667. The maximum Gasteiger partial charge on any atom is 0.0348 e. The molecule has 0 bridgehead atoms. The molecule has 4 atom stereocenters. The maximum absolute atomic E-state index is 3.59. The first-order valence-corrected chi connectivity index (χ1v) is 7.78. The number of rotatable bonds is 3. The molecule has 4 unspecified atom stereocenters. The second-order valence-electron chi connectivity index (χ2n) is 6.58. The summed E-state index contributed by atoms with van der Waals surface area (Å²) in [4.78, 5) is 0. The van der Waals surface area contributed by atoms with Crippen molar-refractivity contribution in [2.75, 3.05) is 7.05 Å². The van der Waals surface area contributed by atoms with Crippen molar-refractivity contribution in [2.45, 2.75) is 53.0 Å². The van der Waals surface area contributed by atoms with Crippen LogP contribution in [0.2, 0.25) is 0 Å². The van der Waals surface area contributed by atoms with Crippen molar-refractivity contribution in [1.29, 1.82) is 0 Å². The first-order chi connectivity index (χ1) is 9.04. The summed E-state index contributed by atoms with van der Waals surface area (Å²) in [6.45, 7) is 9.32. The second kappa shape index (κ2) is 6.09. The highest BCUT2D eigenvalue weighted by atomic mass is 14.9. The van der Waals surface area contributed by atoms with Gasteiger partial charge in [0, 0.05) is 6.04 Å². The average Bonchev–Trinajstić information content (AvgIpc) is 2.39. The van der Waals surface area contributed by atoms with E-state index in [9.17, 15) is 0 Å². The van der Waals surface area contributed by atoms with E-state index in [1.165, 1.54) is 36.0 Å². The summed E-state index contributed by atoms with van der Waals surface area (Å²) in [5.74, 6) is 2.55. The van der Waals surface area contributed by atoms with Crippen LogP contribution < -0.4 is 5.32 Å². The monoisotopic (exact) mass is 259 g/mol. The van der Waals surface area contributed by atoms with E-state index < -0.39 is 0 Å². The smallest absolute Gasteiger partial charge is 0.0348 e. The van der Waals surface area contributed by atoms with Crippen LogP contribution in [0.15, 0.2) is 18.2 Å². The van der Waals surface area contributed by atoms with Crippen LogP contribution in [0.4, 0.5) is 0 Å². The molecule has 1 nitrogen and oxygen atoms in total. The third-order valence-electron chi connectivity index (χ3n) is 5.40. The van der Waals surface area contributed by atoms with Gasteiger partial charge in [0.25, 0.3) is 0 Å². The van der Waals surface area contributed by atoms with E-state index in [0.717, 1.165) is 17.8 Å². The van der Waals surface area contributed by atoms with Gasteiger partial charge >= 0.3 is 0 Å². The van der Waals surface area contributed by atoms with E-state index in [2.05, 4.69) is 58.3 Å². The molecule has 1 aliphatic carbocycles. The Bertz CT molecular complexity index is 424. The van der Waals surface area contributed by atoms with Gasteiger partial charge in [0.15, 0.2) is 0 Å². The van der Waals surface area contributed by atoms with Gasteiger partial charge in [-0.3, -0.25) is 0 Å². The first-order valence-electron chi connectivity index (χ1n) is 7.78. The molecule has 1 N–H and O–H groups in total. The van der Waals surface area contributed by atoms with Crippen molar-refractivity contribution >= 4 is 0 Å². The zero-order chi connectivity index (χ0) is 14.0. The highest BCUT2D eigenvalue weighted by molar-refractivity contribution is 5.35. The Morgan fingerprint density at radius 2 is 1.84 bits per heavy atom. The molecule has 0 aromatic heterocycles. The number of nitrogens with one attached hydrogen (secondary N) is 1. The number of hydrogen-bond donors (Lipinski definition) is 1. The van der Waals surface area contributed by atoms with Crippen molar-refractivity contribution in [3.8, 4) is 0 Å². The summed E-state index contributed by atoms with van der Waals surface area (Å²) in [5, 5.41) is 3.59. The van der Waals surface area contributed by atoms with E-state index >= 15 is 0 Å². The molecule has 106 valence electrons. The zero-order valence-electron chi connectivity index (χ0n) is 13.2. The van der Waals surface area contributed by atoms with Crippen LogP contribution in [0, 0.1) is 31.6 Å². The van der Waals surface area contributed by atoms with Crippen LogP contribution in [-0.4, -0.2) is 7.05 Å². The predicted molar refractivity (Wildman–Crippen MR) is 83.4 cm³/mol. The Morgan fingerprint density at radius 1 is 1.11 bits per heavy atom. The van der Waals surface area contributed by atoms with Gasteiger partial charge in [-0.15, -0.1) is 0 Å². The molecule has 1 heteroatoms. The third-order valence-corrected chi connectivity index (χ3v) is 5.40. The molecule has 0 radical (unpaired) electrons. The van der Waals surface area contributed by atoms with Gasteiger partial charge in [0.1, 0.15) is 0 Å². The van der Waals surface area contributed by atoms with Crippen molar-refractivity contribution < 1.29 is 0 Å². The summed E-state index contributed by atoms with van der Waals surface area (Å²) in [6.07, 6.45) is 4.11. The Hall–Kier alpha value is -0.820. The first kappa shape index (κ1) is 14.6. The van der Waals surface area contributed by atoms with E-state index in [-0.39, 0.29) is 0 Å². The van der Waals surface area contributed by atoms with E-state index in [1.54, 1.807) is 0 Å². The lowest BCUT2D eigenvalue weighted by atomic mass is 9.71. The molecule has 1 saturated carbocycles. The normalized spacial score (nSPS) is 29.2. The van der Waals surface area contributed by atoms with Crippen molar-refractivity contribution in [3.05, 3.63) is 34.9 Å². The van der Waals surface area contributed by atoms with E-state index in [0.29, 0.717) is 6.04 Å². The minimum Gasteiger partial charge on any atom is -0.313 e. The van der Waals surface area contributed by atoms with Crippen LogP contribution in [-0.2, 0) is 0 Å². The average molecular weight is 259 g/mol. The summed E-state index contributed by atoms with van der Waals surface area (Å²) in [7, 11) is 2.12. The number of benzene rings is 1. The van der Waals surface area contributed by atoms with Gasteiger partial charge in [0.05, 0.1) is 0 Å². The fourth-order valence-corrected chi connectivity index (χ4v) is 3.65. The Balaban J connectivity index is 2.22. The van der Waals surface area contributed by atoms with E-state index in [1.807, 2.05) is 0 Å².